The highest BCUT2D eigenvalue weighted by molar-refractivity contribution is 5.92. The van der Waals surface area contributed by atoms with E-state index in [9.17, 15) is 19.2 Å². The van der Waals surface area contributed by atoms with E-state index in [1.54, 1.807) is 24.3 Å². The van der Waals surface area contributed by atoms with Crippen LogP contribution >= 0.6 is 0 Å². The Morgan fingerprint density at radius 3 is 2.48 bits per heavy atom. The number of ether oxygens (including phenoxy) is 2. The molecular formula is C17H20N4O6. The van der Waals surface area contributed by atoms with E-state index in [1.165, 1.54) is 26.4 Å². The van der Waals surface area contributed by atoms with Gasteiger partial charge in [0.25, 0.3) is 5.56 Å². The molecule has 0 aliphatic carbocycles. The Morgan fingerprint density at radius 1 is 1.07 bits per heavy atom. The molecule has 144 valence electrons. The van der Waals surface area contributed by atoms with Gasteiger partial charge in [-0.3, -0.25) is 24.0 Å². The monoisotopic (exact) mass is 376 g/mol. The predicted molar refractivity (Wildman–Crippen MR) is 97.9 cm³/mol. The Bertz CT molecular complexity index is 934. The first-order valence-corrected chi connectivity index (χ1v) is 8.00. The van der Waals surface area contributed by atoms with Gasteiger partial charge >= 0.3 is 11.8 Å². The Morgan fingerprint density at radius 2 is 1.78 bits per heavy atom. The standard InChI is InChI=1S/C17H20N4O6/c1-20-15(23)6-7-21(17(20)25)11-14(22)18-12-4-3-5-13(10-12)19-16(24)27-9-8-26-2/h3-7,10H,8-9,11H2,1-2H3,(H,18,22)(H,19,24). The molecule has 10 nitrogen and oxygen atoms in total. The van der Waals surface area contributed by atoms with Crippen molar-refractivity contribution in [1.82, 2.24) is 9.13 Å². The van der Waals surface area contributed by atoms with Crippen LogP contribution in [0.3, 0.4) is 0 Å². The van der Waals surface area contributed by atoms with Gasteiger partial charge in [-0.25, -0.2) is 9.59 Å². The van der Waals surface area contributed by atoms with Crippen LogP contribution in [0, 0.1) is 0 Å². The highest BCUT2D eigenvalue weighted by Gasteiger charge is 2.09. The van der Waals surface area contributed by atoms with Crippen molar-refractivity contribution in [3.8, 4) is 0 Å². The van der Waals surface area contributed by atoms with Gasteiger partial charge in [-0.05, 0) is 18.2 Å². The second kappa shape index (κ2) is 9.34. The minimum Gasteiger partial charge on any atom is -0.447 e. The minimum atomic E-state index is -0.646. The van der Waals surface area contributed by atoms with E-state index in [-0.39, 0.29) is 19.8 Å². The molecule has 0 spiro atoms. The number of hydrogen-bond donors (Lipinski definition) is 2. The summed E-state index contributed by atoms with van der Waals surface area (Å²) in [6, 6.07) is 7.64. The molecule has 0 atom stereocenters. The molecule has 2 amide bonds. The quantitative estimate of drug-likeness (QED) is 0.674. The summed E-state index contributed by atoms with van der Waals surface area (Å²) in [5.41, 5.74) is -0.193. The fourth-order valence-electron chi connectivity index (χ4n) is 2.14. The van der Waals surface area contributed by atoms with Crippen molar-refractivity contribution in [1.29, 1.82) is 0 Å². The molecule has 0 fully saturated rings. The molecule has 2 N–H and O–H groups in total. The van der Waals surface area contributed by atoms with Crippen molar-refractivity contribution in [2.75, 3.05) is 31.0 Å². The summed E-state index contributed by atoms with van der Waals surface area (Å²) in [7, 11) is 2.83. The van der Waals surface area contributed by atoms with Crippen LogP contribution in [0.1, 0.15) is 0 Å². The molecule has 0 bridgehead atoms. The van der Waals surface area contributed by atoms with Crippen LogP contribution in [0.25, 0.3) is 0 Å². The number of benzene rings is 1. The lowest BCUT2D eigenvalue weighted by Gasteiger charge is -2.10. The average molecular weight is 376 g/mol. The summed E-state index contributed by atoms with van der Waals surface area (Å²) in [5, 5.41) is 5.15. The lowest BCUT2D eigenvalue weighted by Crippen LogP contribution is -2.38. The van der Waals surface area contributed by atoms with Crippen LogP contribution in [0.15, 0.2) is 46.1 Å². The van der Waals surface area contributed by atoms with Gasteiger partial charge in [-0.15, -0.1) is 0 Å². The third-order valence-corrected chi connectivity index (χ3v) is 3.49. The number of anilines is 2. The van der Waals surface area contributed by atoms with Crippen molar-refractivity contribution in [3.63, 3.8) is 0 Å². The second-order valence-corrected chi connectivity index (χ2v) is 5.51. The molecule has 0 radical (unpaired) electrons. The number of aromatic nitrogens is 2. The number of carbonyl (C=O) groups excluding carboxylic acids is 2. The molecule has 0 saturated carbocycles. The maximum atomic E-state index is 12.2. The van der Waals surface area contributed by atoms with Crippen LogP contribution in [0.2, 0.25) is 0 Å². The Balaban J connectivity index is 1.98. The van der Waals surface area contributed by atoms with Gasteiger partial charge < -0.3 is 14.8 Å². The van der Waals surface area contributed by atoms with Gasteiger partial charge in [-0.2, -0.15) is 0 Å². The highest BCUT2D eigenvalue weighted by atomic mass is 16.6. The number of nitrogens with one attached hydrogen (secondary N) is 2. The number of carbonyl (C=O) groups is 2. The van der Waals surface area contributed by atoms with Crippen molar-refractivity contribution in [2.45, 2.75) is 6.54 Å². The number of nitrogens with zero attached hydrogens (tertiary/aromatic N) is 2. The summed E-state index contributed by atoms with van der Waals surface area (Å²) in [5.74, 6) is -0.462. The summed E-state index contributed by atoms with van der Waals surface area (Å²) < 4.78 is 11.7. The largest absolute Gasteiger partial charge is 0.447 e. The molecule has 1 aromatic carbocycles. The molecule has 1 heterocycles. The molecule has 2 aromatic rings. The van der Waals surface area contributed by atoms with E-state index in [1.807, 2.05) is 0 Å². The Hall–Kier alpha value is -3.40. The fraction of sp³-hybridized carbons (Fsp3) is 0.294. The van der Waals surface area contributed by atoms with Crippen LogP contribution in [0.4, 0.5) is 16.2 Å². The first kappa shape index (κ1) is 19.9. The third-order valence-electron chi connectivity index (χ3n) is 3.49. The summed E-state index contributed by atoms with van der Waals surface area (Å²) in [4.78, 5) is 47.1. The highest BCUT2D eigenvalue weighted by Crippen LogP contribution is 2.15. The maximum absolute atomic E-state index is 12.2. The number of methoxy groups -OCH3 is 1. The number of amides is 2. The van der Waals surface area contributed by atoms with E-state index < -0.39 is 23.2 Å². The fourth-order valence-corrected chi connectivity index (χ4v) is 2.14. The van der Waals surface area contributed by atoms with Gasteiger partial charge in [0.15, 0.2) is 0 Å². The second-order valence-electron chi connectivity index (χ2n) is 5.51. The van der Waals surface area contributed by atoms with Gasteiger partial charge in [-0.1, -0.05) is 6.07 Å². The zero-order chi connectivity index (χ0) is 19.8. The first-order chi connectivity index (χ1) is 12.9. The molecule has 0 aliphatic heterocycles. The van der Waals surface area contributed by atoms with E-state index in [0.29, 0.717) is 11.4 Å². The van der Waals surface area contributed by atoms with Crippen LogP contribution in [-0.4, -0.2) is 41.5 Å². The topological polar surface area (TPSA) is 121 Å². The average Bonchev–Trinajstić information content (AvgIpc) is 2.63. The van der Waals surface area contributed by atoms with Gasteiger partial charge in [0.2, 0.25) is 5.91 Å². The summed E-state index contributed by atoms with van der Waals surface area (Å²) in [6.07, 6.45) is 0.616. The maximum Gasteiger partial charge on any atom is 0.411 e. The van der Waals surface area contributed by atoms with Crippen LogP contribution < -0.4 is 21.9 Å². The van der Waals surface area contributed by atoms with Gasteiger partial charge in [0.1, 0.15) is 13.2 Å². The Labute approximate surface area is 154 Å². The summed E-state index contributed by atoms with van der Waals surface area (Å²) in [6.45, 7) is 0.144. The van der Waals surface area contributed by atoms with Crippen molar-refractivity contribution < 1.29 is 19.1 Å². The van der Waals surface area contributed by atoms with Crippen LogP contribution in [-0.2, 0) is 27.9 Å². The predicted octanol–water partition coefficient (Wildman–Crippen LogP) is 0.381. The molecule has 0 unspecified atom stereocenters. The SMILES string of the molecule is COCCOC(=O)Nc1cccc(NC(=O)Cn2ccc(=O)n(C)c2=O)c1. The normalized spacial score (nSPS) is 10.3. The minimum absolute atomic E-state index is 0.118. The van der Waals surface area contributed by atoms with E-state index in [4.69, 9.17) is 9.47 Å². The van der Waals surface area contributed by atoms with Crippen molar-refractivity contribution in [3.05, 3.63) is 57.4 Å². The Kier molecular flexibility index (Phi) is 6.89. The number of rotatable bonds is 7. The van der Waals surface area contributed by atoms with Crippen molar-refractivity contribution in [2.24, 2.45) is 7.05 Å². The molecule has 0 saturated heterocycles. The third kappa shape index (κ3) is 5.82. The van der Waals surface area contributed by atoms with E-state index >= 15 is 0 Å². The zero-order valence-corrected chi connectivity index (χ0v) is 14.9. The smallest absolute Gasteiger partial charge is 0.411 e. The van der Waals surface area contributed by atoms with E-state index in [2.05, 4.69) is 10.6 Å². The molecule has 10 heteroatoms. The van der Waals surface area contributed by atoms with Crippen LogP contribution in [0.5, 0.6) is 0 Å². The number of hydrogen-bond acceptors (Lipinski definition) is 6. The molecule has 0 aliphatic rings. The van der Waals surface area contributed by atoms with Gasteiger partial charge in [0, 0.05) is 37.8 Å². The first-order valence-electron chi connectivity index (χ1n) is 8.00. The molecule has 2 rings (SSSR count). The van der Waals surface area contributed by atoms with Gasteiger partial charge in [0.05, 0.1) is 6.61 Å². The molecule has 27 heavy (non-hydrogen) atoms. The van der Waals surface area contributed by atoms with E-state index in [0.717, 1.165) is 9.13 Å². The zero-order valence-electron chi connectivity index (χ0n) is 14.9. The molecule has 1 aromatic heterocycles. The van der Waals surface area contributed by atoms with Crippen molar-refractivity contribution >= 4 is 23.4 Å². The lowest BCUT2D eigenvalue weighted by atomic mass is 10.2. The lowest BCUT2D eigenvalue weighted by molar-refractivity contribution is -0.116. The molecular weight excluding hydrogens is 356 g/mol. The summed E-state index contributed by atoms with van der Waals surface area (Å²) >= 11 is 0.